The van der Waals surface area contributed by atoms with Crippen molar-refractivity contribution in [2.24, 2.45) is 0 Å². The van der Waals surface area contributed by atoms with Crippen LogP contribution in [0, 0.1) is 0 Å². The van der Waals surface area contributed by atoms with Gasteiger partial charge in [-0.15, -0.1) is 6.58 Å². The van der Waals surface area contributed by atoms with Crippen molar-refractivity contribution in [1.82, 2.24) is 5.32 Å². The molecule has 0 heterocycles. The van der Waals surface area contributed by atoms with E-state index in [-0.39, 0.29) is 0 Å². The first-order valence-electron chi connectivity index (χ1n) is 6.85. The zero-order valence-electron chi connectivity index (χ0n) is 11.3. The van der Waals surface area contributed by atoms with E-state index in [2.05, 4.69) is 31.0 Å². The predicted molar refractivity (Wildman–Crippen MR) is 81.3 cm³/mol. The van der Waals surface area contributed by atoms with Crippen LogP contribution in [0.15, 0.2) is 36.9 Å². The Labute approximate surface area is 116 Å². The van der Waals surface area contributed by atoms with Gasteiger partial charge in [-0.1, -0.05) is 42.8 Å². The van der Waals surface area contributed by atoms with Crippen molar-refractivity contribution < 1.29 is 0 Å². The minimum atomic E-state index is 0.518. The lowest BCUT2D eigenvalue weighted by Gasteiger charge is -2.19. The van der Waals surface area contributed by atoms with Gasteiger partial charge in [-0.3, -0.25) is 0 Å². The highest BCUT2D eigenvalue weighted by Crippen LogP contribution is 2.18. The fraction of sp³-hybridized carbons (Fsp3) is 0.500. The van der Waals surface area contributed by atoms with Gasteiger partial charge >= 0.3 is 0 Å². The van der Waals surface area contributed by atoms with Crippen LogP contribution in [0.5, 0.6) is 0 Å². The van der Waals surface area contributed by atoms with Gasteiger partial charge in [-0.2, -0.15) is 0 Å². The molecule has 1 aromatic rings. The Morgan fingerprint density at radius 2 is 2.17 bits per heavy atom. The first-order valence-corrected chi connectivity index (χ1v) is 7.23. The SMILES string of the molecule is C=CCCCC(Cc1ccccc1Cl)NCCC. The van der Waals surface area contributed by atoms with E-state index in [1.165, 1.54) is 24.8 Å². The van der Waals surface area contributed by atoms with Crippen molar-refractivity contribution in [3.63, 3.8) is 0 Å². The molecule has 1 N–H and O–H groups in total. The molecule has 1 atom stereocenters. The van der Waals surface area contributed by atoms with E-state index < -0.39 is 0 Å². The van der Waals surface area contributed by atoms with E-state index in [1.807, 2.05) is 18.2 Å². The molecule has 100 valence electrons. The molecule has 1 rings (SSSR count). The third-order valence-electron chi connectivity index (χ3n) is 3.07. The van der Waals surface area contributed by atoms with Crippen LogP contribution in [0.4, 0.5) is 0 Å². The van der Waals surface area contributed by atoms with Crippen LogP contribution in [0.1, 0.15) is 38.2 Å². The Balaban J connectivity index is 2.53. The highest BCUT2D eigenvalue weighted by Gasteiger charge is 2.10. The summed E-state index contributed by atoms with van der Waals surface area (Å²) in [5.74, 6) is 0. The summed E-state index contributed by atoms with van der Waals surface area (Å²) < 4.78 is 0. The van der Waals surface area contributed by atoms with Crippen molar-refractivity contribution in [1.29, 1.82) is 0 Å². The van der Waals surface area contributed by atoms with Crippen molar-refractivity contribution in [2.75, 3.05) is 6.54 Å². The maximum atomic E-state index is 6.22. The molecule has 0 saturated carbocycles. The predicted octanol–water partition coefficient (Wildman–Crippen LogP) is 4.61. The topological polar surface area (TPSA) is 12.0 Å². The van der Waals surface area contributed by atoms with Crippen LogP contribution in [0.3, 0.4) is 0 Å². The van der Waals surface area contributed by atoms with Gasteiger partial charge in [0.25, 0.3) is 0 Å². The fourth-order valence-electron chi connectivity index (χ4n) is 2.06. The van der Waals surface area contributed by atoms with Gasteiger partial charge in [-0.05, 0) is 50.3 Å². The molecule has 0 aliphatic carbocycles. The first-order chi connectivity index (χ1) is 8.77. The molecule has 0 radical (unpaired) electrons. The quantitative estimate of drug-likeness (QED) is 0.508. The molecule has 2 heteroatoms. The van der Waals surface area contributed by atoms with E-state index in [9.17, 15) is 0 Å². The summed E-state index contributed by atoms with van der Waals surface area (Å²) in [6, 6.07) is 8.65. The molecule has 1 unspecified atom stereocenters. The molecule has 1 nitrogen and oxygen atoms in total. The van der Waals surface area contributed by atoms with E-state index >= 15 is 0 Å². The molecule has 0 spiro atoms. The van der Waals surface area contributed by atoms with E-state index in [4.69, 9.17) is 11.6 Å². The fourth-order valence-corrected chi connectivity index (χ4v) is 2.28. The van der Waals surface area contributed by atoms with Gasteiger partial charge in [0.2, 0.25) is 0 Å². The van der Waals surface area contributed by atoms with Gasteiger partial charge in [0.15, 0.2) is 0 Å². The Morgan fingerprint density at radius 3 is 2.83 bits per heavy atom. The van der Waals surface area contributed by atoms with Gasteiger partial charge in [0, 0.05) is 11.1 Å². The summed E-state index contributed by atoms with van der Waals surface area (Å²) in [5.41, 5.74) is 1.24. The zero-order valence-corrected chi connectivity index (χ0v) is 12.0. The van der Waals surface area contributed by atoms with Crippen LogP contribution in [0.25, 0.3) is 0 Å². The summed E-state index contributed by atoms with van der Waals surface area (Å²) in [6.07, 6.45) is 7.63. The highest BCUT2D eigenvalue weighted by atomic mass is 35.5. The summed E-state index contributed by atoms with van der Waals surface area (Å²) in [4.78, 5) is 0. The number of hydrogen-bond donors (Lipinski definition) is 1. The van der Waals surface area contributed by atoms with E-state index in [0.717, 1.165) is 24.4 Å². The van der Waals surface area contributed by atoms with Crippen molar-refractivity contribution in [3.8, 4) is 0 Å². The number of benzene rings is 1. The van der Waals surface area contributed by atoms with Crippen molar-refractivity contribution >= 4 is 11.6 Å². The molecule has 0 amide bonds. The molecule has 18 heavy (non-hydrogen) atoms. The van der Waals surface area contributed by atoms with E-state index in [0.29, 0.717) is 6.04 Å². The summed E-state index contributed by atoms with van der Waals surface area (Å²) in [6.45, 7) is 7.05. The second-order valence-corrected chi connectivity index (χ2v) is 5.07. The van der Waals surface area contributed by atoms with Crippen LogP contribution in [-0.2, 0) is 6.42 Å². The maximum Gasteiger partial charge on any atom is 0.0438 e. The van der Waals surface area contributed by atoms with Crippen LogP contribution in [0.2, 0.25) is 5.02 Å². The molecular formula is C16H24ClN. The first kappa shape index (κ1) is 15.3. The molecule has 1 aromatic carbocycles. The minimum Gasteiger partial charge on any atom is -0.314 e. The molecular weight excluding hydrogens is 242 g/mol. The summed E-state index contributed by atoms with van der Waals surface area (Å²) >= 11 is 6.22. The lowest BCUT2D eigenvalue weighted by molar-refractivity contribution is 0.466. The maximum absolute atomic E-state index is 6.22. The van der Waals surface area contributed by atoms with E-state index in [1.54, 1.807) is 0 Å². The molecule has 0 bridgehead atoms. The van der Waals surface area contributed by atoms with Gasteiger partial charge < -0.3 is 5.32 Å². The number of allylic oxidation sites excluding steroid dienone is 1. The number of nitrogens with one attached hydrogen (secondary N) is 1. The molecule has 0 saturated heterocycles. The summed E-state index contributed by atoms with van der Waals surface area (Å²) in [7, 11) is 0. The number of rotatable bonds is 9. The Kier molecular flexibility index (Phi) is 7.79. The molecule has 0 aromatic heterocycles. The van der Waals surface area contributed by atoms with Gasteiger partial charge in [0.05, 0.1) is 0 Å². The Hall–Kier alpha value is -0.790. The normalized spacial score (nSPS) is 12.3. The smallest absolute Gasteiger partial charge is 0.0438 e. The van der Waals surface area contributed by atoms with Crippen LogP contribution < -0.4 is 5.32 Å². The van der Waals surface area contributed by atoms with Gasteiger partial charge in [0.1, 0.15) is 0 Å². The lowest BCUT2D eigenvalue weighted by Crippen LogP contribution is -2.31. The second-order valence-electron chi connectivity index (χ2n) is 4.67. The van der Waals surface area contributed by atoms with Crippen LogP contribution >= 0.6 is 11.6 Å². The highest BCUT2D eigenvalue weighted by molar-refractivity contribution is 6.31. The zero-order chi connectivity index (χ0) is 13.2. The van der Waals surface area contributed by atoms with Crippen molar-refractivity contribution in [3.05, 3.63) is 47.5 Å². The molecule has 0 fully saturated rings. The second kappa shape index (κ2) is 9.18. The standard InChI is InChI=1S/C16H24ClN/c1-3-5-6-10-15(18-12-4-2)13-14-9-7-8-11-16(14)17/h3,7-9,11,15,18H,1,4-6,10,12-13H2,2H3. The third kappa shape index (κ3) is 5.70. The largest absolute Gasteiger partial charge is 0.314 e. The van der Waals surface area contributed by atoms with Gasteiger partial charge in [-0.25, -0.2) is 0 Å². The lowest BCUT2D eigenvalue weighted by atomic mass is 10.0. The number of halogens is 1. The minimum absolute atomic E-state index is 0.518. The third-order valence-corrected chi connectivity index (χ3v) is 3.44. The average molecular weight is 266 g/mol. The van der Waals surface area contributed by atoms with Crippen molar-refractivity contribution in [2.45, 2.75) is 45.1 Å². The molecule has 0 aliphatic rings. The van der Waals surface area contributed by atoms with Crippen LogP contribution in [-0.4, -0.2) is 12.6 Å². The monoisotopic (exact) mass is 265 g/mol. The molecule has 0 aliphatic heterocycles. The summed E-state index contributed by atoms with van der Waals surface area (Å²) in [5, 5.41) is 4.49. The number of hydrogen-bond acceptors (Lipinski definition) is 1. The Morgan fingerprint density at radius 1 is 1.39 bits per heavy atom. The average Bonchev–Trinajstić information content (AvgIpc) is 2.38. The Bertz CT molecular complexity index is 349. The number of unbranched alkanes of at least 4 members (excludes halogenated alkanes) is 1.